The SMILES string of the molecule is Cc1ncc(CSc2ccc(N)cc2F)s1. The Hall–Kier alpha value is -1.07. The molecule has 0 aliphatic carbocycles. The van der Waals surface area contributed by atoms with Gasteiger partial charge in [-0.05, 0) is 25.1 Å². The second-order valence-electron chi connectivity index (χ2n) is 3.32. The maximum atomic E-state index is 13.4. The van der Waals surface area contributed by atoms with E-state index in [0.717, 1.165) is 15.6 Å². The second kappa shape index (κ2) is 4.84. The first-order chi connectivity index (χ1) is 7.65. The lowest BCUT2D eigenvalue weighted by Crippen LogP contribution is -1.88. The molecule has 2 aromatic rings. The van der Waals surface area contributed by atoms with Crippen LogP contribution in [-0.4, -0.2) is 4.98 Å². The van der Waals surface area contributed by atoms with Crippen LogP contribution >= 0.6 is 23.1 Å². The van der Waals surface area contributed by atoms with Gasteiger partial charge >= 0.3 is 0 Å². The molecule has 0 amide bonds. The molecule has 2 rings (SSSR count). The molecule has 0 unspecified atom stereocenters. The second-order valence-corrected chi connectivity index (χ2v) is 5.66. The van der Waals surface area contributed by atoms with E-state index in [4.69, 9.17) is 5.73 Å². The summed E-state index contributed by atoms with van der Waals surface area (Å²) in [6, 6.07) is 4.77. The number of rotatable bonds is 3. The zero-order chi connectivity index (χ0) is 11.5. The van der Waals surface area contributed by atoms with E-state index in [1.165, 1.54) is 17.8 Å². The smallest absolute Gasteiger partial charge is 0.138 e. The molecule has 0 aliphatic heterocycles. The number of halogens is 1. The normalized spacial score (nSPS) is 10.6. The van der Waals surface area contributed by atoms with Crippen molar-refractivity contribution < 1.29 is 4.39 Å². The van der Waals surface area contributed by atoms with Gasteiger partial charge in [-0.3, -0.25) is 0 Å². The highest BCUT2D eigenvalue weighted by atomic mass is 32.2. The van der Waals surface area contributed by atoms with Crippen molar-refractivity contribution in [1.29, 1.82) is 0 Å². The number of benzene rings is 1. The lowest BCUT2D eigenvalue weighted by Gasteiger charge is -2.02. The van der Waals surface area contributed by atoms with Gasteiger partial charge in [0.1, 0.15) is 5.82 Å². The minimum Gasteiger partial charge on any atom is -0.399 e. The third-order valence-electron chi connectivity index (χ3n) is 2.00. The largest absolute Gasteiger partial charge is 0.399 e. The van der Waals surface area contributed by atoms with Crippen LogP contribution in [0.25, 0.3) is 0 Å². The Bertz CT molecular complexity index is 496. The van der Waals surface area contributed by atoms with E-state index in [9.17, 15) is 4.39 Å². The van der Waals surface area contributed by atoms with E-state index >= 15 is 0 Å². The Morgan fingerprint density at radius 3 is 2.94 bits per heavy atom. The summed E-state index contributed by atoms with van der Waals surface area (Å²) in [6.07, 6.45) is 1.84. The molecular weight excluding hydrogens is 243 g/mol. The fourth-order valence-corrected chi connectivity index (χ4v) is 2.99. The average molecular weight is 254 g/mol. The van der Waals surface area contributed by atoms with Crippen LogP contribution in [0.5, 0.6) is 0 Å². The molecule has 1 heterocycles. The fraction of sp³-hybridized carbons (Fsp3) is 0.182. The minimum atomic E-state index is -0.258. The van der Waals surface area contributed by atoms with Crippen LogP contribution in [-0.2, 0) is 5.75 Å². The van der Waals surface area contributed by atoms with Gasteiger partial charge in [0.05, 0.1) is 5.01 Å². The maximum Gasteiger partial charge on any atom is 0.138 e. The lowest BCUT2D eigenvalue weighted by molar-refractivity contribution is 0.603. The van der Waals surface area contributed by atoms with E-state index in [-0.39, 0.29) is 5.82 Å². The topological polar surface area (TPSA) is 38.9 Å². The molecule has 1 aromatic heterocycles. The quantitative estimate of drug-likeness (QED) is 0.673. The number of thiazole rings is 1. The Morgan fingerprint density at radius 1 is 1.50 bits per heavy atom. The van der Waals surface area contributed by atoms with Crippen LogP contribution in [0.1, 0.15) is 9.88 Å². The summed E-state index contributed by atoms with van der Waals surface area (Å²) in [5.74, 6) is 0.484. The average Bonchev–Trinajstić information content (AvgIpc) is 2.63. The number of nitrogens with two attached hydrogens (primary N) is 1. The van der Waals surface area contributed by atoms with E-state index in [0.29, 0.717) is 10.6 Å². The van der Waals surface area contributed by atoms with Gasteiger partial charge in [0.2, 0.25) is 0 Å². The molecule has 0 atom stereocenters. The first-order valence-corrected chi connectivity index (χ1v) is 6.54. The van der Waals surface area contributed by atoms with E-state index < -0.39 is 0 Å². The van der Waals surface area contributed by atoms with Gasteiger partial charge in [0, 0.05) is 27.4 Å². The molecule has 0 saturated heterocycles. The van der Waals surface area contributed by atoms with Gasteiger partial charge < -0.3 is 5.73 Å². The summed E-state index contributed by atoms with van der Waals surface area (Å²) >= 11 is 3.10. The molecule has 0 aliphatic rings. The number of nitrogen functional groups attached to an aromatic ring is 1. The Balaban J connectivity index is 2.04. The first-order valence-electron chi connectivity index (χ1n) is 4.74. The van der Waals surface area contributed by atoms with Gasteiger partial charge in [0.15, 0.2) is 0 Å². The van der Waals surface area contributed by atoms with Crippen LogP contribution < -0.4 is 5.73 Å². The predicted octanol–water partition coefficient (Wildman–Crippen LogP) is 3.47. The van der Waals surface area contributed by atoms with Crippen molar-refractivity contribution in [2.45, 2.75) is 17.6 Å². The van der Waals surface area contributed by atoms with Crippen LogP contribution in [0.2, 0.25) is 0 Å². The molecule has 0 radical (unpaired) electrons. The number of aromatic nitrogens is 1. The van der Waals surface area contributed by atoms with Crippen molar-refractivity contribution in [3.8, 4) is 0 Å². The van der Waals surface area contributed by atoms with Crippen molar-refractivity contribution in [3.05, 3.63) is 40.1 Å². The summed E-state index contributed by atoms with van der Waals surface area (Å²) in [5, 5.41) is 1.04. The molecule has 0 fully saturated rings. The summed E-state index contributed by atoms with van der Waals surface area (Å²) in [6.45, 7) is 1.96. The number of thioether (sulfide) groups is 1. The van der Waals surface area contributed by atoms with Crippen LogP contribution in [0.15, 0.2) is 29.3 Å². The van der Waals surface area contributed by atoms with Crippen molar-refractivity contribution >= 4 is 28.8 Å². The molecule has 0 bridgehead atoms. The summed E-state index contributed by atoms with van der Waals surface area (Å²) in [7, 11) is 0. The summed E-state index contributed by atoms with van der Waals surface area (Å²) < 4.78 is 13.4. The zero-order valence-corrected chi connectivity index (χ0v) is 10.4. The predicted molar refractivity (Wildman–Crippen MR) is 67.2 cm³/mol. The lowest BCUT2D eigenvalue weighted by atomic mass is 10.3. The van der Waals surface area contributed by atoms with Crippen molar-refractivity contribution in [2.75, 3.05) is 5.73 Å². The summed E-state index contributed by atoms with van der Waals surface area (Å²) in [5.41, 5.74) is 5.94. The molecule has 16 heavy (non-hydrogen) atoms. The third-order valence-corrected chi connectivity index (χ3v) is 4.19. The molecule has 2 nitrogen and oxygen atoms in total. The number of hydrogen-bond acceptors (Lipinski definition) is 4. The Labute approximate surface area is 102 Å². The van der Waals surface area contributed by atoms with Crippen molar-refractivity contribution in [2.24, 2.45) is 0 Å². The van der Waals surface area contributed by atoms with Crippen molar-refractivity contribution in [3.63, 3.8) is 0 Å². The van der Waals surface area contributed by atoms with E-state index in [1.807, 2.05) is 13.1 Å². The minimum absolute atomic E-state index is 0.258. The number of hydrogen-bond donors (Lipinski definition) is 1. The van der Waals surface area contributed by atoms with Gasteiger partial charge in [0.25, 0.3) is 0 Å². The molecule has 5 heteroatoms. The monoisotopic (exact) mass is 254 g/mol. The number of aryl methyl sites for hydroxylation is 1. The summed E-state index contributed by atoms with van der Waals surface area (Å²) in [4.78, 5) is 5.93. The molecule has 0 spiro atoms. The van der Waals surface area contributed by atoms with Gasteiger partial charge in [-0.25, -0.2) is 9.37 Å². The van der Waals surface area contributed by atoms with Crippen LogP contribution in [0.4, 0.5) is 10.1 Å². The Morgan fingerprint density at radius 2 is 2.31 bits per heavy atom. The molecule has 2 N–H and O–H groups in total. The highest BCUT2D eigenvalue weighted by molar-refractivity contribution is 7.98. The van der Waals surface area contributed by atoms with Gasteiger partial charge in [-0.15, -0.1) is 23.1 Å². The van der Waals surface area contributed by atoms with Crippen LogP contribution in [0, 0.1) is 12.7 Å². The van der Waals surface area contributed by atoms with Crippen molar-refractivity contribution in [1.82, 2.24) is 4.98 Å². The molecule has 0 saturated carbocycles. The Kier molecular flexibility index (Phi) is 3.46. The first kappa shape index (κ1) is 11.4. The van der Waals surface area contributed by atoms with E-state index in [1.54, 1.807) is 23.5 Å². The standard InChI is InChI=1S/C11H11FN2S2/c1-7-14-5-9(16-7)6-15-11-3-2-8(13)4-10(11)12/h2-5H,6,13H2,1H3. The van der Waals surface area contributed by atoms with Crippen LogP contribution in [0.3, 0.4) is 0 Å². The zero-order valence-electron chi connectivity index (χ0n) is 8.74. The number of anilines is 1. The molecule has 84 valence electrons. The maximum absolute atomic E-state index is 13.4. The van der Waals surface area contributed by atoms with Gasteiger partial charge in [-0.2, -0.15) is 0 Å². The third kappa shape index (κ3) is 2.74. The highest BCUT2D eigenvalue weighted by Gasteiger charge is 2.05. The highest BCUT2D eigenvalue weighted by Crippen LogP contribution is 2.28. The van der Waals surface area contributed by atoms with E-state index in [2.05, 4.69) is 4.98 Å². The molecular formula is C11H11FN2S2. The van der Waals surface area contributed by atoms with Gasteiger partial charge in [-0.1, -0.05) is 0 Å². The molecule has 1 aromatic carbocycles. The number of nitrogens with zero attached hydrogens (tertiary/aromatic N) is 1. The fourth-order valence-electron chi connectivity index (χ4n) is 1.26.